The topological polar surface area (TPSA) is 69.1 Å². The Labute approximate surface area is 103 Å². The molecule has 0 aromatic carbocycles. The standard InChI is InChI=1S/C14H24N2O/c15-12-7-9-3-4-11(6-9)14(12)5-1-2-10(8-14)13(16)17/h9-12H,1-8,15H2,(H2,16,17)/t9?,10-,11+,12+,14+/m0/s1. The second-order valence-corrected chi connectivity index (χ2v) is 6.65. The Morgan fingerprint density at radius 2 is 2.00 bits per heavy atom. The molecular weight excluding hydrogens is 212 g/mol. The van der Waals surface area contributed by atoms with E-state index >= 15 is 0 Å². The summed E-state index contributed by atoms with van der Waals surface area (Å²) in [7, 11) is 0. The van der Waals surface area contributed by atoms with E-state index in [1.54, 1.807) is 0 Å². The maximum absolute atomic E-state index is 11.5. The van der Waals surface area contributed by atoms with Crippen molar-refractivity contribution in [1.82, 2.24) is 0 Å². The molecule has 3 saturated carbocycles. The summed E-state index contributed by atoms with van der Waals surface area (Å²) in [5.74, 6) is 1.64. The first kappa shape index (κ1) is 11.5. The largest absolute Gasteiger partial charge is 0.369 e. The highest BCUT2D eigenvalue weighted by atomic mass is 16.1. The van der Waals surface area contributed by atoms with Gasteiger partial charge in [0.05, 0.1) is 0 Å². The Hall–Kier alpha value is -0.570. The van der Waals surface area contributed by atoms with Crippen LogP contribution in [0.4, 0.5) is 0 Å². The third kappa shape index (κ3) is 1.70. The van der Waals surface area contributed by atoms with E-state index in [9.17, 15) is 4.79 Å². The number of hydrogen-bond donors (Lipinski definition) is 2. The van der Waals surface area contributed by atoms with Crippen molar-refractivity contribution >= 4 is 5.91 Å². The molecule has 0 saturated heterocycles. The fourth-order valence-electron chi connectivity index (χ4n) is 5.00. The van der Waals surface area contributed by atoms with Crippen molar-refractivity contribution in [1.29, 1.82) is 0 Å². The van der Waals surface area contributed by atoms with Gasteiger partial charge in [0.25, 0.3) is 0 Å². The van der Waals surface area contributed by atoms with E-state index in [1.807, 2.05) is 0 Å². The normalized spacial score (nSPS) is 49.5. The molecule has 0 heterocycles. The lowest BCUT2D eigenvalue weighted by Gasteiger charge is -2.51. The van der Waals surface area contributed by atoms with Crippen LogP contribution in [0.5, 0.6) is 0 Å². The number of carbonyl (C=O) groups excluding carboxylic acids is 1. The average molecular weight is 236 g/mol. The Morgan fingerprint density at radius 3 is 2.76 bits per heavy atom. The molecule has 3 rings (SSSR count). The number of primary amides is 1. The number of rotatable bonds is 1. The van der Waals surface area contributed by atoms with Crippen LogP contribution in [0.1, 0.15) is 51.4 Å². The van der Waals surface area contributed by atoms with Gasteiger partial charge in [-0.3, -0.25) is 4.79 Å². The Bertz CT molecular complexity index is 330. The Kier molecular flexibility index (Phi) is 2.69. The minimum Gasteiger partial charge on any atom is -0.369 e. The molecule has 2 bridgehead atoms. The predicted octanol–water partition coefficient (Wildman–Crippen LogP) is 1.80. The fourth-order valence-corrected chi connectivity index (χ4v) is 5.00. The second kappa shape index (κ2) is 3.98. The number of carbonyl (C=O) groups is 1. The van der Waals surface area contributed by atoms with E-state index in [0.29, 0.717) is 6.04 Å². The second-order valence-electron chi connectivity index (χ2n) is 6.65. The van der Waals surface area contributed by atoms with Crippen LogP contribution in [-0.4, -0.2) is 11.9 Å². The zero-order valence-electron chi connectivity index (χ0n) is 10.5. The fraction of sp³-hybridized carbons (Fsp3) is 0.929. The summed E-state index contributed by atoms with van der Waals surface area (Å²) in [4.78, 5) is 11.5. The van der Waals surface area contributed by atoms with Gasteiger partial charge in [-0.05, 0) is 55.8 Å². The molecule has 0 radical (unpaired) electrons. The number of fused-ring (bicyclic) bond motifs is 3. The highest BCUT2D eigenvalue weighted by Gasteiger charge is 2.53. The van der Waals surface area contributed by atoms with Crippen molar-refractivity contribution in [2.24, 2.45) is 34.6 Å². The number of amides is 1. The van der Waals surface area contributed by atoms with E-state index in [0.717, 1.165) is 31.1 Å². The van der Waals surface area contributed by atoms with Crippen molar-refractivity contribution in [3.8, 4) is 0 Å². The van der Waals surface area contributed by atoms with Gasteiger partial charge in [-0.2, -0.15) is 0 Å². The van der Waals surface area contributed by atoms with Crippen molar-refractivity contribution in [2.45, 2.75) is 57.4 Å². The van der Waals surface area contributed by atoms with Crippen molar-refractivity contribution in [3.05, 3.63) is 0 Å². The van der Waals surface area contributed by atoms with Crippen LogP contribution in [0, 0.1) is 23.2 Å². The molecule has 4 N–H and O–H groups in total. The molecule has 0 aliphatic heterocycles. The molecule has 3 aliphatic rings. The quantitative estimate of drug-likeness (QED) is 0.729. The van der Waals surface area contributed by atoms with E-state index < -0.39 is 0 Å². The molecule has 96 valence electrons. The first-order valence-electron chi connectivity index (χ1n) is 7.17. The molecule has 0 aromatic heterocycles. The summed E-state index contributed by atoms with van der Waals surface area (Å²) in [6, 6.07) is 0.316. The molecule has 1 unspecified atom stereocenters. The van der Waals surface area contributed by atoms with Crippen LogP contribution in [0.25, 0.3) is 0 Å². The first-order valence-corrected chi connectivity index (χ1v) is 7.17. The summed E-state index contributed by atoms with van der Waals surface area (Å²) in [6.07, 6.45) is 9.57. The highest BCUT2D eigenvalue weighted by molar-refractivity contribution is 5.76. The molecular formula is C14H24N2O. The minimum absolute atomic E-state index is 0.0898. The van der Waals surface area contributed by atoms with E-state index in [4.69, 9.17) is 11.5 Å². The van der Waals surface area contributed by atoms with Crippen molar-refractivity contribution in [2.75, 3.05) is 0 Å². The highest BCUT2D eigenvalue weighted by Crippen LogP contribution is 2.58. The molecule has 3 nitrogen and oxygen atoms in total. The van der Waals surface area contributed by atoms with Gasteiger partial charge in [0.15, 0.2) is 0 Å². The van der Waals surface area contributed by atoms with Crippen LogP contribution in [-0.2, 0) is 4.79 Å². The molecule has 1 spiro atoms. The molecule has 0 aromatic rings. The van der Waals surface area contributed by atoms with Gasteiger partial charge in [0.1, 0.15) is 0 Å². The summed E-state index contributed by atoms with van der Waals surface area (Å²) < 4.78 is 0. The summed E-state index contributed by atoms with van der Waals surface area (Å²) in [5.41, 5.74) is 12.3. The Balaban J connectivity index is 1.85. The maximum atomic E-state index is 11.5. The molecule has 17 heavy (non-hydrogen) atoms. The van der Waals surface area contributed by atoms with Crippen LogP contribution in [0.2, 0.25) is 0 Å². The first-order chi connectivity index (χ1) is 8.12. The lowest BCUT2D eigenvalue weighted by molar-refractivity contribution is -0.125. The zero-order valence-corrected chi connectivity index (χ0v) is 10.5. The van der Waals surface area contributed by atoms with E-state index in [1.165, 1.54) is 32.1 Å². The number of nitrogens with two attached hydrogens (primary N) is 2. The van der Waals surface area contributed by atoms with Gasteiger partial charge < -0.3 is 11.5 Å². The summed E-state index contributed by atoms with van der Waals surface area (Å²) >= 11 is 0. The third-order valence-corrected chi connectivity index (χ3v) is 5.90. The molecule has 3 fully saturated rings. The van der Waals surface area contributed by atoms with Crippen molar-refractivity contribution in [3.63, 3.8) is 0 Å². The maximum Gasteiger partial charge on any atom is 0.220 e. The van der Waals surface area contributed by atoms with E-state index in [-0.39, 0.29) is 17.2 Å². The van der Waals surface area contributed by atoms with Crippen LogP contribution in [0.3, 0.4) is 0 Å². The predicted molar refractivity (Wildman–Crippen MR) is 67.0 cm³/mol. The van der Waals surface area contributed by atoms with Gasteiger partial charge >= 0.3 is 0 Å². The lowest BCUT2D eigenvalue weighted by Crippen LogP contribution is -2.53. The van der Waals surface area contributed by atoms with Gasteiger partial charge in [0, 0.05) is 12.0 Å². The Morgan fingerprint density at radius 1 is 1.18 bits per heavy atom. The van der Waals surface area contributed by atoms with Gasteiger partial charge in [-0.1, -0.05) is 12.8 Å². The number of hydrogen-bond acceptors (Lipinski definition) is 2. The molecule has 1 amide bonds. The van der Waals surface area contributed by atoms with Crippen molar-refractivity contribution < 1.29 is 4.79 Å². The van der Waals surface area contributed by atoms with Crippen LogP contribution < -0.4 is 11.5 Å². The van der Waals surface area contributed by atoms with Gasteiger partial charge in [-0.15, -0.1) is 0 Å². The summed E-state index contributed by atoms with van der Waals surface area (Å²) in [5, 5.41) is 0. The molecule has 5 atom stereocenters. The average Bonchev–Trinajstić information content (AvgIpc) is 2.73. The van der Waals surface area contributed by atoms with E-state index in [2.05, 4.69) is 0 Å². The molecule has 3 heteroatoms. The monoisotopic (exact) mass is 236 g/mol. The molecule has 3 aliphatic carbocycles. The lowest BCUT2D eigenvalue weighted by atomic mass is 9.55. The zero-order chi connectivity index (χ0) is 12.0. The van der Waals surface area contributed by atoms with Crippen LogP contribution >= 0.6 is 0 Å². The van der Waals surface area contributed by atoms with Crippen LogP contribution in [0.15, 0.2) is 0 Å². The smallest absolute Gasteiger partial charge is 0.220 e. The SMILES string of the molecule is NC(=O)[C@H]1CCC[C@@]2(C1)[C@@H]1CCC(C1)C[C@H]2N. The summed E-state index contributed by atoms with van der Waals surface area (Å²) in [6.45, 7) is 0. The van der Waals surface area contributed by atoms with Gasteiger partial charge in [0.2, 0.25) is 5.91 Å². The minimum atomic E-state index is -0.101. The third-order valence-electron chi connectivity index (χ3n) is 5.90. The van der Waals surface area contributed by atoms with Gasteiger partial charge in [-0.25, -0.2) is 0 Å².